The topological polar surface area (TPSA) is 66.6 Å². The van der Waals surface area contributed by atoms with Crippen molar-refractivity contribution < 1.29 is 18.7 Å². The van der Waals surface area contributed by atoms with Crippen LogP contribution in [0.15, 0.2) is 36.4 Å². The third-order valence-corrected chi connectivity index (χ3v) is 3.05. The molecule has 1 amide bonds. The number of phenols is 1. The van der Waals surface area contributed by atoms with E-state index in [-0.39, 0.29) is 23.5 Å². The molecule has 0 saturated carbocycles. The predicted octanol–water partition coefficient (Wildman–Crippen LogP) is 2.52. The van der Waals surface area contributed by atoms with E-state index in [0.29, 0.717) is 5.56 Å². The first-order valence-corrected chi connectivity index (χ1v) is 6.17. The van der Waals surface area contributed by atoms with Crippen molar-refractivity contribution in [2.45, 2.75) is 6.54 Å². The quantitative estimate of drug-likeness (QED) is 0.675. The lowest BCUT2D eigenvalue weighted by Crippen LogP contribution is -2.26. The third kappa shape index (κ3) is 3.10. The van der Waals surface area contributed by atoms with E-state index in [1.54, 1.807) is 6.07 Å². The van der Waals surface area contributed by atoms with E-state index < -0.39 is 17.5 Å². The van der Waals surface area contributed by atoms with Crippen molar-refractivity contribution in [2.24, 2.45) is 0 Å². The number of hydrogen-bond donors (Lipinski definition) is 2. The van der Waals surface area contributed by atoms with Crippen LogP contribution in [-0.2, 0) is 6.54 Å². The Bertz CT molecular complexity index is 689. The number of nitrogens with zero attached hydrogens (tertiary/aromatic N) is 1. The van der Waals surface area contributed by atoms with Crippen LogP contribution in [-0.4, -0.2) is 23.0 Å². The molecule has 6 heteroatoms. The lowest BCUT2D eigenvalue weighted by molar-refractivity contribution is 0.0782. The largest absolute Gasteiger partial charge is 0.505 e. The average Bonchev–Trinajstić information content (AvgIpc) is 2.45. The number of anilines is 1. The number of nitrogens with two attached hydrogens (primary N) is 1. The van der Waals surface area contributed by atoms with Crippen molar-refractivity contribution >= 4 is 11.6 Å². The molecule has 4 nitrogen and oxygen atoms in total. The van der Waals surface area contributed by atoms with Crippen LogP contribution in [0.25, 0.3) is 0 Å². The van der Waals surface area contributed by atoms with Gasteiger partial charge in [-0.15, -0.1) is 0 Å². The number of para-hydroxylation sites is 1. The molecule has 0 bridgehead atoms. The Morgan fingerprint density at radius 2 is 1.95 bits per heavy atom. The van der Waals surface area contributed by atoms with Gasteiger partial charge >= 0.3 is 0 Å². The predicted molar refractivity (Wildman–Crippen MR) is 74.7 cm³/mol. The van der Waals surface area contributed by atoms with E-state index in [1.165, 1.54) is 30.1 Å². The van der Waals surface area contributed by atoms with Crippen LogP contribution in [0, 0.1) is 11.6 Å². The van der Waals surface area contributed by atoms with Crippen LogP contribution in [0.1, 0.15) is 15.9 Å². The molecule has 0 saturated heterocycles. The average molecular weight is 292 g/mol. The first kappa shape index (κ1) is 14.8. The summed E-state index contributed by atoms with van der Waals surface area (Å²) in [5, 5.41) is 9.78. The molecule has 0 radical (unpaired) electrons. The highest BCUT2D eigenvalue weighted by Crippen LogP contribution is 2.25. The molecule has 0 fully saturated rings. The van der Waals surface area contributed by atoms with Gasteiger partial charge in [0.1, 0.15) is 0 Å². The molecule has 3 N–H and O–H groups in total. The Balaban J connectivity index is 2.19. The highest BCUT2D eigenvalue weighted by Gasteiger charge is 2.17. The molecule has 2 aromatic carbocycles. The summed E-state index contributed by atoms with van der Waals surface area (Å²) in [6.45, 7) is 0.0737. The summed E-state index contributed by atoms with van der Waals surface area (Å²) in [4.78, 5) is 13.5. The van der Waals surface area contributed by atoms with Gasteiger partial charge in [0.2, 0.25) is 0 Å². The molecular weight excluding hydrogens is 278 g/mol. The van der Waals surface area contributed by atoms with Crippen molar-refractivity contribution in [3.05, 3.63) is 59.2 Å². The number of nitrogen functional groups attached to an aromatic ring is 1. The fraction of sp³-hybridized carbons (Fsp3) is 0.133. The molecule has 21 heavy (non-hydrogen) atoms. The second-order valence-corrected chi connectivity index (χ2v) is 4.65. The molecule has 0 atom stereocenters. The Morgan fingerprint density at radius 1 is 1.24 bits per heavy atom. The monoisotopic (exact) mass is 292 g/mol. The highest BCUT2D eigenvalue weighted by atomic mass is 19.2. The van der Waals surface area contributed by atoms with Gasteiger partial charge in [0, 0.05) is 13.6 Å². The highest BCUT2D eigenvalue weighted by molar-refractivity contribution is 5.98. The van der Waals surface area contributed by atoms with Gasteiger partial charge in [-0.3, -0.25) is 4.79 Å². The fourth-order valence-electron chi connectivity index (χ4n) is 1.92. The molecule has 0 aliphatic carbocycles. The number of hydrogen-bond acceptors (Lipinski definition) is 3. The molecular formula is C15H14F2N2O2. The van der Waals surface area contributed by atoms with Crippen molar-refractivity contribution in [3.8, 4) is 5.75 Å². The van der Waals surface area contributed by atoms with Crippen molar-refractivity contribution in [1.82, 2.24) is 4.90 Å². The summed E-state index contributed by atoms with van der Waals surface area (Å²) < 4.78 is 26.0. The summed E-state index contributed by atoms with van der Waals surface area (Å²) in [7, 11) is 1.49. The van der Waals surface area contributed by atoms with Gasteiger partial charge in [0.25, 0.3) is 5.91 Å². The second-order valence-electron chi connectivity index (χ2n) is 4.65. The molecule has 0 aliphatic rings. The minimum Gasteiger partial charge on any atom is -0.505 e. The van der Waals surface area contributed by atoms with Crippen molar-refractivity contribution in [3.63, 3.8) is 0 Å². The summed E-state index contributed by atoms with van der Waals surface area (Å²) in [6.07, 6.45) is 0. The van der Waals surface area contributed by atoms with Crippen LogP contribution >= 0.6 is 0 Å². The Kier molecular flexibility index (Phi) is 4.07. The van der Waals surface area contributed by atoms with Gasteiger partial charge in [0.15, 0.2) is 17.4 Å². The first-order chi connectivity index (χ1) is 9.90. The standard InChI is InChI=1S/C15H14F2N2O2/c1-19(8-9-5-6-11(16)12(17)7-9)15(21)10-3-2-4-13(18)14(10)20/h2-7,20H,8,18H2,1H3. The lowest BCUT2D eigenvalue weighted by atomic mass is 10.1. The summed E-state index contributed by atoms with van der Waals surface area (Å²) in [6, 6.07) is 7.88. The van der Waals surface area contributed by atoms with Gasteiger partial charge < -0.3 is 15.7 Å². The zero-order chi connectivity index (χ0) is 15.6. The number of aromatic hydroxyl groups is 1. The van der Waals surface area contributed by atoms with Gasteiger partial charge in [-0.25, -0.2) is 8.78 Å². The molecule has 0 aromatic heterocycles. The molecule has 0 aliphatic heterocycles. The van der Waals surface area contributed by atoms with E-state index in [0.717, 1.165) is 12.1 Å². The molecule has 110 valence electrons. The minimum atomic E-state index is -0.972. The van der Waals surface area contributed by atoms with E-state index in [9.17, 15) is 18.7 Å². The molecule has 0 unspecified atom stereocenters. The van der Waals surface area contributed by atoms with Gasteiger partial charge in [0.05, 0.1) is 11.3 Å². The Hall–Kier alpha value is -2.63. The summed E-state index contributed by atoms with van der Waals surface area (Å²) >= 11 is 0. The van der Waals surface area contributed by atoms with Gasteiger partial charge in [-0.1, -0.05) is 12.1 Å². The van der Waals surface area contributed by atoms with Crippen LogP contribution in [0.2, 0.25) is 0 Å². The fourth-order valence-corrected chi connectivity index (χ4v) is 1.92. The number of phenolic OH excluding ortho intramolecular Hbond substituents is 1. The number of benzene rings is 2. The van der Waals surface area contributed by atoms with E-state index in [1.807, 2.05) is 0 Å². The minimum absolute atomic E-state index is 0.0556. The van der Waals surface area contributed by atoms with Gasteiger partial charge in [-0.05, 0) is 29.8 Å². The van der Waals surface area contributed by atoms with Crippen molar-refractivity contribution in [2.75, 3.05) is 12.8 Å². The maximum atomic E-state index is 13.1. The zero-order valence-electron chi connectivity index (χ0n) is 11.3. The summed E-state index contributed by atoms with van der Waals surface area (Å²) in [5.74, 6) is -2.68. The third-order valence-electron chi connectivity index (χ3n) is 3.05. The number of amides is 1. The van der Waals surface area contributed by atoms with Crippen LogP contribution < -0.4 is 5.73 Å². The molecule has 2 rings (SSSR count). The molecule has 2 aromatic rings. The first-order valence-electron chi connectivity index (χ1n) is 6.17. The second kappa shape index (κ2) is 5.78. The lowest BCUT2D eigenvalue weighted by Gasteiger charge is -2.18. The van der Waals surface area contributed by atoms with Crippen LogP contribution in [0.4, 0.5) is 14.5 Å². The maximum Gasteiger partial charge on any atom is 0.257 e. The SMILES string of the molecule is CN(Cc1ccc(F)c(F)c1)C(=O)c1cccc(N)c1O. The Morgan fingerprint density at radius 3 is 2.62 bits per heavy atom. The number of carbonyl (C=O) groups excluding carboxylic acids is 1. The number of carbonyl (C=O) groups is 1. The number of rotatable bonds is 3. The van der Waals surface area contributed by atoms with Crippen molar-refractivity contribution in [1.29, 1.82) is 0 Å². The Labute approximate surface area is 120 Å². The van der Waals surface area contributed by atoms with E-state index in [4.69, 9.17) is 5.73 Å². The maximum absolute atomic E-state index is 13.1. The van der Waals surface area contributed by atoms with E-state index >= 15 is 0 Å². The number of halogens is 2. The van der Waals surface area contributed by atoms with Gasteiger partial charge in [-0.2, -0.15) is 0 Å². The smallest absolute Gasteiger partial charge is 0.257 e. The van der Waals surface area contributed by atoms with Crippen LogP contribution in [0.5, 0.6) is 5.75 Å². The molecule has 0 heterocycles. The summed E-state index contributed by atoms with van der Waals surface area (Å²) in [5.41, 5.74) is 6.13. The van der Waals surface area contributed by atoms with Crippen LogP contribution in [0.3, 0.4) is 0 Å². The molecule has 0 spiro atoms. The van der Waals surface area contributed by atoms with E-state index in [2.05, 4.69) is 0 Å². The normalized spacial score (nSPS) is 10.4. The zero-order valence-corrected chi connectivity index (χ0v) is 11.3.